The van der Waals surface area contributed by atoms with E-state index in [1.54, 1.807) is 7.11 Å². The van der Waals surface area contributed by atoms with Crippen LogP contribution in [0.3, 0.4) is 0 Å². The summed E-state index contributed by atoms with van der Waals surface area (Å²) in [5.41, 5.74) is 1.19. The van der Waals surface area contributed by atoms with Crippen LogP contribution in [0.4, 0.5) is 0 Å². The minimum absolute atomic E-state index is 0.584. The summed E-state index contributed by atoms with van der Waals surface area (Å²) in [7, 11) is 1.70. The van der Waals surface area contributed by atoms with Gasteiger partial charge in [0.2, 0.25) is 0 Å². The van der Waals surface area contributed by atoms with Crippen LogP contribution >= 0.6 is 27.5 Å². The molecule has 0 N–H and O–H groups in total. The van der Waals surface area contributed by atoms with Gasteiger partial charge < -0.3 is 4.74 Å². The van der Waals surface area contributed by atoms with Gasteiger partial charge in [-0.25, -0.2) is 0 Å². The molecule has 0 spiro atoms. The minimum Gasteiger partial charge on any atom is -0.496 e. The molecule has 1 aromatic carbocycles. The van der Waals surface area contributed by atoms with Crippen LogP contribution in [-0.2, 0) is 6.42 Å². The average molecular weight is 306 g/mol. The molecular formula is C13H18BrClO. The van der Waals surface area contributed by atoms with Crippen molar-refractivity contribution in [1.29, 1.82) is 0 Å². The molecule has 3 heteroatoms. The van der Waals surface area contributed by atoms with Crippen molar-refractivity contribution >= 4 is 27.5 Å². The standard InChI is InChI=1S/C13H18BrClO/c1-3-4-11(14)6-5-10-9-12(15)7-8-13(10)16-2/h7-9,11H,3-6H2,1-2H3. The number of methoxy groups -OCH3 is 1. The number of rotatable bonds is 6. The third-order valence-corrected chi connectivity index (χ3v) is 3.72. The van der Waals surface area contributed by atoms with Gasteiger partial charge in [-0.3, -0.25) is 0 Å². The zero-order valence-corrected chi connectivity index (χ0v) is 12.1. The van der Waals surface area contributed by atoms with Crippen molar-refractivity contribution in [2.75, 3.05) is 7.11 Å². The molecule has 0 heterocycles. The van der Waals surface area contributed by atoms with Crippen LogP contribution in [0.15, 0.2) is 18.2 Å². The van der Waals surface area contributed by atoms with Crippen LogP contribution in [0.25, 0.3) is 0 Å². The van der Waals surface area contributed by atoms with E-state index in [4.69, 9.17) is 16.3 Å². The van der Waals surface area contributed by atoms with Gasteiger partial charge in [-0.05, 0) is 43.0 Å². The van der Waals surface area contributed by atoms with E-state index in [0.717, 1.165) is 23.6 Å². The molecule has 0 aliphatic carbocycles. The predicted octanol–water partition coefficient (Wildman–Crippen LogP) is 4.84. The van der Waals surface area contributed by atoms with E-state index in [9.17, 15) is 0 Å². The van der Waals surface area contributed by atoms with Gasteiger partial charge in [-0.1, -0.05) is 40.9 Å². The quantitative estimate of drug-likeness (QED) is 0.683. The number of aryl methyl sites for hydroxylation is 1. The molecule has 1 aromatic rings. The second kappa shape index (κ2) is 7.18. The van der Waals surface area contributed by atoms with Crippen LogP contribution < -0.4 is 4.74 Å². The molecule has 0 amide bonds. The summed E-state index contributed by atoms with van der Waals surface area (Å²) in [6.07, 6.45) is 4.54. The summed E-state index contributed by atoms with van der Waals surface area (Å²) < 4.78 is 5.32. The Hall–Kier alpha value is -0.210. The normalized spacial score (nSPS) is 12.5. The Morgan fingerprint density at radius 2 is 2.12 bits per heavy atom. The number of alkyl halides is 1. The Morgan fingerprint density at radius 1 is 1.38 bits per heavy atom. The maximum absolute atomic E-state index is 5.98. The first-order valence-corrected chi connectivity index (χ1v) is 6.93. The van der Waals surface area contributed by atoms with E-state index in [2.05, 4.69) is 22.9 Å². The number of hydrogen-bond donors (Lipinski definition) is 0. The van der Waals surface area contributed by atoms with Gasteiger partial charge in [0.05, 0.1) is 7.11 Å². The van der Waals surface area contributed by atoms with Crippen LogP contribution in [-0.4, -0.2) is 11.9 Å². The lowest BCUT2D eigenvalue weighted by atomic mass is 10.1. The number of ether oxygens (including phenoxy) is 1. The second-order valence-corrected chi connectivity index (χ2v) is 5.61. The molecule has 0 saturated heterocycles. The highest BCUT2D eigenvalue weighted by atomic mass is 79.9. The molecule has 1 nitrogen and oxygen atoms in total. The summed E-state index contributed by atoms with van der Waals surface area (Å²) in [6, 6.07) is 5.79. The van der Waals surface area contributed by atoms with Crippen LogP contribution in [0, 0.1) is 0 Å². The molecule has 0 aliphatic heterocycles. The number of hydrogen-bond acceptors (Lipinski definition) is 1. The van der Waals surface area contributed by atoms with E-state index >= 15 is 0 Å². The SMILES string of the molecule is CCCC(Br)CCc1cc(Cl)ccc1OC. The Morgan fingerprint density at radius 3 is 2.75 bits per heavy atom. The molecule has 16 heavy (non-hydrogen) atoms. The lowest BCUT2D eigenvalue weighted by Crippen LogP contribution is -2.01. The van der Waals surface area contributed by atoms with Crippen molar-refractivity contribution in [3.8, 4) is 5.75 Å². The predicted molar refractivity (Wildman–Crippen MR) is 73.9 cm³/mol. The summed E-state index contributed by atoms with van der Waals surface area (Å²) in [6.45, 7) is 2.20. The first-order valence-electron chi connectivity index (χ1n) is 5.63. The van der Waals surface area contributed by atoms with Gasteiger partial charge in [0.15, 0.2) is 0 Å². The van der Waals surface area contributed by atoms with Crippen molar-refractivity contribution in [3.05, 3.63) is 28.8 Å². The topological polar surface area (TPSA) is 9.23 Å². The zero-order valence-electron chi connectivity index (χ0n) is 9.80. The van der Waals surface area contributed by atoms with Crippen molar-refractivity contribution in [1.82, 2.24) is 0 Å². The molecule has 0 saturated carbocycles. The van der Waals surface area contributed by atoms with E-state index in [1.807, 2.05) is 18.2 Å². The third kappa shape index (κ3) is 4.34. The van der Waals surface area contributed by atoms with E-state index in [1.165, 1.54) is 18.4 Å². The largest absolute Gasteiger partial charge is 0.496 e. The summed E-state index contributed by atoms with van der Waals surface area (Å²) in [5, 5.41) is 0.775. The van der Waals surface area contributed by atoms with Crippen LogP contribution in [0.2, 0.25) is 5.02 Å². The van der Waals surface area contributed by atoms with Crippen molar-refractivity contribution in [2.24, 2.45) is 0 Å². The van der Waals surface area contributed by atoms with Crippen LogP contribution in [0.5, 0.6) is 5.75 Å². The van der Waals surface area contributed by atoms with Gasteiger partial charge in [-0.2, -0.15) is 0 Å². The van der Waals surface area contributed by atoms with Crippen molar-refractivity contribution in [3.63, 3.8) is 0 Å². The molecule has 0 fully saturated rings. The third-order valence-electron chi connectivity index (χ3n) is 2.57. The first kappa shape index (κ1) is 13.9. The smallest absolute Gasteiger partial charge is 0.122 e. The first-order chi connectivity index (χ1) is 7.67. The molecule has 1 atom stereocenters. The second-order valence-electron chi connectivity index (χ2n) is 3.88. The molecule has 1 unspecified atom stereocenters. The molecular weight excluding hydrogens is 287 g/mol. The highest BCUT2D eigenvalue weighted by Gasteiger charge is 2.07. The van der Waals surface area contributed by atoms with Crippen molar-refractivity contribution in [2.45, 2.75) is 37.4 Å². The van der Waals surface area contributed by atoms with E-state index in [0.29, 0.717) is 4.83 Å². The zero-order chi connectivity index (χ0) is 12.0. The maximum Gasteiger partial charge on any atom is 0.122 e. The fraction of sp³-hybridized carbons (Fsp3) is 0.538. The Bertz CT molecular complexity index is 328. The van der Waals surface area contributed by atoms with Gasteiger partial charge in [0.25, 0.3) is 0 Å². The summed E-state index contributed by atoms with van der Waals surface area (Å²) in [4.78, 5) is 0.584. The minimum atomic E-state index is 0.584. The molecule has 0 aliphatic rings. The highest BCUT2D eigenvalue weighted by molar-refractivity contribution is 9.09. The van der Waals surface area contributed by atoms with Gasteiger partial charge in [0.1, 0.15) is 5.75 Å². The molecule has 0 aromatic heterocycles. The highest BCUT2D eigenvalue weighted by Crippen LogP contribution is 2.25. The Balaban J connectivity index is 2.61. The fourth-order valence-electron chi connectivity index (χ4n) is 1.71. The van der Waals surface area contributed by atoms with Crippen LogP contribution in [0.1, 0.15) is 31.7 Å². The lowest BCUT2D eigenvalue weighted by molar-refractivity contribution is 0.409. The molecule has 0 radical (unpaired) electrons. The number of halogens is 2. The summed E-state index contributed by atoms with van der Waals surface area (Å²) >= 11 is 9.67. The lowest BCUT2D eigenvalue weighted by Gasteiger charge is -2.11. The van der Waals surface area contributed by atoms with E-state index < -0.39 is 0 Å². The Labute approximate surface area is 111 Å². The summed E-state index contributed by atoms with van der Waals surface area (Å²) in [5.74, 6) is 0.931. The van der Waals surface area contributed by atoms with Crippen molar-refractivity contribution < 1.29 is 4.74 Å². The maximum atomic E-state index is 5.98. The molecule has 1 rings (SSSR count). The monoisotopic (exact) mass is 304 g/mol. The van der Waals surface area contributed by atoms with E-state index in [-0.39, 0.29) is 0 Å². The fourth-order valence-corrected chi connectivity index (χ4v) is 2.59. The van der Waals surface area contributed by atoms with Gasteiger partial charge >= 0.3 is 0 Å². The van der Waals surface area contributed by atoms with Gasteiger partial charge in [-0.15, -0.1) is 0 Å². The molecule has 0 bridgehead atoms. The molecule has 90 valence electrons. The Kier molecular flexibility index (Phi) is 6.22. The van der Waals surface area contributed by atoms with Gasteiger partial charge in [0, 0.05) is 9.85 Å². The number of benzene rings is 1. The average Bonchev–Trinajstić information content (AvgIpc) is 2.27.